The Morgan fingerprint density at radius 3 is 2.44 bits per heavy atom. The minimum absolute atomic E-state index is 0.286. The summed E-state index contributed by atoms with van der Waals surface area (Å²) in [6, 6.07) is 2.61. The van der Waals surface area contributed by atoms with Gasteiger partial charge in [0.05, 0.1) is 31.0 Å². The molecule has 1 unspecified atom stereocenters. The zero-order valence-electron chi connectivity index (χ0n) is 10.6. The largest absolute Gasteiger partial charge is 0.493 e. The molecule has 0 aliphatic heterocycles. The van der Waals surface area contributed by atoms with E-state index in [-0.39, 0.29) is 5.91 Å². The van der Waals surface area contributed by atoms with Crippen LogP contribution in [0.25, 0.3) is 0 Å². The van der Waals surface area contributed by atoms with Crippen molar-refractivity contribution in [3.8, 4) is 11.5 Å². The summed E-state index contributed by atoms with van der Waals surface area (Å²) in [7, 11) is 3.02. The number of amides is 1. The molecule has 0 aromatic heterocycles. The fourth-order valence-electron chi connectivity index (χ4n) is 1.36. The van der Waals surface area contributed by atoms with Crippen LogP contribution in [0.4, 0.5) is 5.69 Å². The summed E-state index contributed by atoms with van der Waals surface area (Å²) in [5, 5.41) is 3.02. The SMILES string of the molecule is CCC(N)C(=O)Nc1cc(OC)c(OC)cc1Cl. The second-order valence-corrected chi connectivity index (χ2v) is 4.10. The standard InChI is InChI=1S/C12H17ClN2O3/c1-4-8(14)12(16)15-9-6-11(18-3)10(17-2)5-7(9)13/h5-6,8H,4,14H2,1-3H3,(H,15,16). The third-order valence-corrected chi connectivity index (χ3v) is 2.82. The number of halogens is 1. The Labute approximate surface area is 111 Å². The van der Waals surface area contributed by atoms with Crippen molar-refractivity contribution in [1.29, 1.82) is 0 Å². The van der Waals surface area contributed by atoms with E-state index in [4.69, 9.17) is 26.8 Å². The molecule has 18 heavy (non-hydrogen) atoms. The molecule has 1 amide bonds. The third-order valence-electron chi connectivity index (χ3n) is 2.51. The molecule has 1 aromatic rings. The first-order valence-electron chi connectivity index (χ1n) is 5.51. The summed E-state index contributed by atoms with van der Waals surface area (Å²) in [5.41, 5.74) is 6.08. The van der Waals surface area contributed by atoms with Crippen molar-refractivity contribution in [1.82, 2.24) is 0 Å². The minimum Gasteiger partial charge on any atom is -0.493 e. The molecule has 0 saturated heterocycles. The van der Waals surface area contributed by atoms with Crippen LogP contribution >= 0.6 is 11.6 Å². The van der Waals surface area contributed by atoms with Gasteiger partial charge in [0.2, 0.25) is 5.91 Å². The van der Waals surface area contributed by atoms with Crippen LogP contribution in [0.1, 0.15) is 13.3 Å². The lowest BCUT2D eigenvalue weighted by molar-refractivity contribution is -0.117. The lowest BCUT2D eigenvalue weighted by atomic mass is 10.2. The Morgan fingerprint density at radius 2 is 1.94 bits per heavy atom. The van der Waals surface area contributed by atoms with E-state index in [1.807, 2.05) is 6.92 Å². The predicted molar refractivity (Wildman–Crippen MR) is 71.5 cm³/mol. The number of ether oxygens (including phenoxy) is 2. The molecule has 1 rings (SSSR count). The summed E-state index contributed by atoms with van der Waals surface area (Å²) < 4.78 is 10.2. The van der Waals surface area contributed by atoms with Crippen molar-refractivity contribution in [2.24, 2.45) is 5.73 Å². The number of carbonyl (C=O) groups excluding carboxylic acids is 1. The van der Waals surface area contributed by atoms with Crippen LogP contribution in [-0.4, -0.2) is 26.2 Å². The van der Waals surface area contributed by atoms with E-state index in [2.05, 4.69) is 5.32 Å². The van der Waals surface area contributed by atoms with Crippen molar-refractivity contribution >= 4 is 23.2 Å². The number of benzene rings is 1. The molecular formula is C12H17ClN2O3. The molecule has 0 bridgehead atoms. The topological polar surface area (TPSA) is 73.6 Å². The number of nitrogens with one attached hydrogen (secondary N) is 1. The molecule has 0 radical (unpaired) electrons. The molecule has 1 aromatic carbocycles. The second kappa shape index (κ2) is 6.47. The number of nitrogens with two attached hydrogens (primary N) is 1. The first-order valence-corrected chi connectivity index (χ1v) is 5.89. The highest BCUT2D eigenvalue weighted by atomic mass is 35.5. The summed E-state index contributed by atoms with van der Waals surface area (Å²) >= 11 is 6.04. The van der Waals surface area contributed by atoms with Gasteiger partial charge >= 0.3 is 0 Å². The fraction of sp³-hybridized carbons (Fsp3) is 0.417. The van der Waals surface area contributed by atoms with Crippen LogP contribution in [0.5, 0.6) is 11.5 Å². The normalized spacial score (nSPS) is 11.8. The van der Waals surface area contributed by atoms with Crippen molar-refractivity contribution in [3.05, 3.63) is 17.2 Å². The van der Waals surface area contributed by atoms with E-state index in [1.54, 1.807) is 12.1 Å². The molecule has 0 fully saturated rings. The maximum Gasteiger partial charge on any atom is 0.241 e. The van der Waals surface area contributed by atoms with Gasteiger partial charge in [-0.1, -0.05) is 18.5 Å². The van der Waals surface area contributed by atoms with E-state index in [0.717, 1.165) is 0 Å². The predicted octanol–water partition coefficient (Wildman–Crippen LogP) is 2.03. The quantitative estimate of drug-likeness (QED) is 0.860. The average molecular weight is 273 g/mol. The third kappa shape index (κ3) is 3.27. The molecule has 0 saturated carbocycles. The van der Waals surface area contributed by atoms with Crippen LogP contribution in [0.15, 0.2) is 12.1 Å². The van der Waals surface area contributed by atoms with Gasteiger partial charge in [0, 0.05) is 12.1 Å². The van der Waals surface area contributed by atoms with Gasteiger partial charge < -0.3 is 20.5 Å². The smallest absolute Gasteiger partial charge is 0.241 e. The van der Waals surface area contributed by atoms with E-state index >= 15 is 0 Å². The van der Waals surface area contributed by atoms with Crippen molar-refractivity contribution < 1.29 is 14.3 Å². The van der Waals surface area contributed by atoms with E-state index in [1.165, 1.54) is 14.2 Å². The molecule has 6 heteroatoms. The zero-order valence-corrected chi connectivity index (χ0v) is 11.4. The van der Waals surface area contributed by atoms with Crippen LogP contribution < -0.4 is 20.5 Å². The molecule has 0 heterocycles. The van der Waals surface area contributed by atoms with Crippen molar-refractivity contribution in [2.45, 2.75) is 19.4 Å². The Balaban J connectivity index is 2.99. The highest BCUT2D eigenvalue weighted by Crippen LogP contribution is 2.35. The van der Waals surface area contributed by atoms with Gasteiger partial charge in [0.15, 0.2) is 11.5 Å². The lowest BCUT2D eigenvalue weighted by Gasteiger charge is -2.14. The number of hydrogen-bond donors (Lipinski definition) is 2. The molecule has 0 aliphatic carbocycles. The highest BCUT2D eigenvalue weighted by molar-refractivity contribution is 6.34. The van der Waals surface area contributed by atoms with E-state index in [9.17, 15) is 4.79 Å². The first-order chi connectivity index (χ1) is 8.53. The van der Waals surface area contributed by atoms with Gasteiger partial charge in [0.1, 0.15) is 0 Å². The van der Waals surface area contributed by atoms with Crippen LogP contribution in [-0.2, 0) is 4.79 Å². The zero-order chi connectivity index (χ0) is 13.7. The van der Waals surface area contributed by atoms with Gasteiger partial charge in [-0.2, -0.15) is 0 Å². The van der Waals surface area contributed by atoms with E-state index in [0.29, 0.717) is 28.6 Å². The Kier molecular flexibility index (Phi) is 5.25. The highest BCUT2D eigenvalue weighted by Gasteiger charge is 2.15. The number of carbonyl (C=O) groups is 1. The van der Waals surface area contributed by atoms with Crippen LogP contribution in [0.3, 0.4) is 0 Å². The van der Waals surface area contributed by atoms with E-state index < -0.39 is 6.04 Å². The minimum atomic E-state index is -0.561. The Morgan fingerprint density at radius 1 is 1.39 bits per heavy atom. The van der Waals surface area contributed by atoms with Crippen molar-refractivity contribution in [2.75, 3.05) is 19.5 Å². The molecule has 100 valence electrons. The average Bonchev–Trinajstić information content (AvgIpc) is 2.39. The van der Waals surface area contributed by atoms with Gasteiger partial charge in [-0.15, -0.1) is 0 Å². The van der Waals surface area contributed by atoms with Gasteiger partial charge in [-0.25, -0.2) is 0 Å². The molecule has 5 nitrogen and oxygen atoms in total. The number of anilines is 1. The summed E-state index contributed by atoms with van der Waals surface area (Å²) in [4.78, 5) is 11.7. The van der Waals surface area contributed by atoms with Crippen LogP contribution in [0.2, 0.25) is 5.02 Å². The molecule has 1 atom stereocenters. The summed E-state index contributed by atoms with van der Waals surface area (Å²) in [6.07, 6.45) is 0.552. The summed E-state index contributed by atoms with van der Waals surface area (Å²) in [5.74, 6) is 0.703. The lowest BCUT2D eigenvalue weighted by Crippen LogP contribution is -2.34. The monoisotopic (exact) mass is 272 g/mol. The molecular weight excluding hydrogens is 256 g/mol. The Bertz CT molecular complexity index is 438. The molecule has 0 aliphatic rings. The maximum atomic E-state index is 11.7. The Hall–Kier alpha value is -1.46. The molecule has 0 spiro atoms. The fourth-order valence-corrected chi connectivity index (χ4v) is 1.56. The molecule has 3 N–H and O–H groups in total. The van der Waals surface area contributed by atoms with Gasteiger partial charge in [0.25, 0.3) is 0 Å². The van der Waals surface area contributed by atoms with Crippen LogP contribution in [0, 0.1) is 0 Å². The first kappa shape index (κ1) is 14.6. The summed E-state index contributed by atoms with van der Waals surface area (Å²) in [6.45, 7) is 1.83. The van der Waals surface area contributed by atoms with Gasteiger partial charge in [-0.05, 0) is 6.42 Å². The number of hydrogen-bond acceptors (Lipinski definition) is 4. The van der Waals surface area contributed by atoms with Crippen molar-refractivity contribution in [3.63, 3.8) is 0 Å². The second-order valence-electron chi connectivity index (χ2n) is 3.69. The van der Waals surface area contributed by atoms with Gasteiger partial charge in [-0.3, -0.25) is 4.79 Å². The number of methoxy groups -OCH3 is 2. The maximum absolute atomic E-state index is 11.7. The number of rotatable bonds is 5.